The highest BCUT2D eigenvalue weighted by molar-refractivity contribution is 5.98. The largest absolute Gasteiger partial charge is 0.380 e. The van der Waals surface area contributed by atoms with Gasteiger partial charge in [-0.1, -0.05) is 0 Å². The van der Waals surface area contributed by atoms with Crippen LogP contribution in [0.15, 0.2) is 12.1 Å². The van der Waals surface area contributed by atoms with Gasteiger partial charge >= 0.3 is 0 Å². The molecule has 0 aromatic heterocycles. The number of hydrogen-bond acceptors (Lipinski definition) is 3. The summed E-state index contributed by atoms with van der Waals surface area (Å²) in [5, 5.41) is 0. The van der Waals surface area contributed by atoms with Gasteiger partial charge in [0.1, 0.15) is 5.82 Å². The van der Waals surface area contributed by atoms with Gasteiger partial charge in [0.2, 0.25) is 0 Å². The van der Waals surface area contributed by atoms with E-state index in [1.807, 2.05) is 0 Å². The number of hydrogen-bond donors (Lipinski definition) is 0. The van der Waals surface area contributed by atoms with Crippen LogP contribution in [0, 0.1) is 17.5 Å². The summed E-state index contributed by atoms with van der Waals surface area (Å²) in [6, 6.07) is 1.31. The van der Waals surface area contributed by atoms with Gasteiger partial charge in [0.25, 0.3) is 5.97 Å². The van der Waals surface area contributed by atoms with Crippen LogP contribution in [0.1, 0.15) is 33.3 Å². The molecule has 0 unspecified atom stereocenters. The maximum Gasteiger partial charge on any atom is 0.277 e. The molecule has 0 aliphatic carbocycles. The van der Waals surface area contributed by atoms with Crippen molar-refractivity contribution < 1.29 is 27.1 Å². The van der Waals surface area contributed by atoms with Crippen molar-refractivity contribution in [1.82, 2.24) is 0 Å². The number of rotatable bonds is 7. The molecule has 0 fully saturated rings. The van der Waals surface area contributed by atoms with Gasteiger partial charge in [-0.05, 0) is 39.3 Å². The second kappa shape index (κ2) is 7.39. The van der Waals surface area contributed by atoms with Gasteiger partial charge in [-0.3, -0.25) is 0 Å². The highest BCUT2D eigenvalue weighted by Crippen LogP contribution is 2.26. The van der Waals surface area contributed by atoms with Crippen molar-refractivity contribution in [3.63, 3.8) is 0 Å². The summed E-state index contributed by atoms with van der Waals surface area (Å²) < 4.78 is 56.8. The second-order valence-corrected chi connectivity index (χ2v) is 5.66. The predicted molar refractivity (Wildman–Crippen MR) is 76.2 cm³/mol. The quantitative estimate of drug-likeness (QED) is 0.438. The monoisotopic (exact) mass is 322 g/mol. The van der Waals surface area contributed by atoms with Crippen LogP contribution in [0.25, 0.3) is 0 Å². The molecule has 0 aliphatic heterocycles. The fourth-order valence-electron chi connectivity index (χ4n) is 1.93. The van der Waals surface area contributed by atoms with E-state index in [-0.39, 0.29) is 34.7 Å². The summed E-state index contributed by atoms with van der Waals surface area (Å²) in [4.78, 5) is 0. The molecule has 0 saturated carbocycles. The summed E-state index contributed by atoms with van der Waals surface area (Å²) in [7, 11) is 0.272. The van der Waals surface area contributed by atoms with Crippen molar-refractivity contribution >= 4 is 10.5 Å². The van der Waals surface area contributed by atoms with E-state index in [0.717, 1.165) is 6.07 Å². The summed E-state index contributed by atoms with van der Waals surface area (Å²) in [6.07, 6.45) is -0.660. The Hall–Kier alpha value is -0.893. The first-order valence-electron chi connectivity index (χ1n) is 6.73. The molecule has 7 heteroatoms. The molecule has 0 spiro atoms. The van der Waals surface area contributed by atoms with Crippen LogP contribution in [0.2, 0.25) is 0 Å². The Morgan fingerprint density at radius 2 is 1.43 bits per heavy atom. The zero-order valence-corrected chi connectivity index (χ0v) is 14.9. The lowest BCUT2D eigenvalue weighted by atomic mass is 10.1. The normalized spacial score (nSPS) is 12.6. The molecule has 0 radical (unpaired) electrons. The molecular weight excluding hydrogens is 301 g/mol. The number of halogens is 3. The fraction of sp³-hybridized carbons (Fsp3) is 0.571. The van der Waals surface area contributed by atoms with E-state index in [4.69, 9.17) is 13.9 Å². The molecular formula is C14H21F3O3Si. The molecule has 1 rings (SSSR count). The molecule has 0 bridgehead atoms. The van der Waals surface area contributed by atoms with Crippen molar-refractivity contribution in [3.8, 4) is 0 Å². The first-order chi connectivity index (χ1) is 9.69. The summed E-state index contributed by atoms with van der Waals surface area (Å²) in [6.45, 7) is 7.11. The molecule has 0 amide bonds. The molecule has 120 valence electrons. The van der Waals surface area contributed by atoms with Gasteiger partial charge in [0, 0.05) is 6.07 Å². The van der Waals surface area contributed by atoms with E-state index in [0.29, 0.717) is 6.07 Å². The van der Waals surface area contributed by atoms with Crippen molar-refractivity contribution in [1.29, 1.82) is 0 Å². The average molecular weight is 322 g/mol. The third kappa shape index (κ3) is 5.10. The van der Waals surface area contributed by atoms with Crippen LogP contribution in [-0.4, -0.2) is 28.7 Å². The highest BCUT2D eigenvalue weighted by Gasteiger charge is 2.36. The Labute approximate surface area is 125 Å². The molecule has 0 N–H and O–H groups in total. The minimum absolute atomic E-state index is 0.0638. The third-order valence-electron chi connectivity index (χ3n) is 2.64. The Morgan fingerprint density at radius 1 is 0.952 bits per heavy atom. The van der Waals surface area contributed by atoms with E-state index in [1.54, 1.807) is 27.7 Å². The SMILES string of the molecule is CC(C)OC(Cc1cc(F)c(F)cc1F)(O[SiH3])OC(C)C. The van der Waals surface area contributed by atoms with Crippen molar-refractivity contribution in [2.24, 2.45) is 0 Å². The van der Waals surface area contributed by atoms with Crippen molar-refractivity contribution in [2.45, 2.75) is 52.3 Å². The highest BCUT2D eigenvalue weighted by atomic mass is 28.2. The molecule has 3 nitrogen and oxygen atoms in total. The minimum atomic E-state index is -1.50. The van der Waals surface area contributed by atoms with E-state index in [1.165, 1.54) is 0 Å². The topological polar surface area (TPSA) is 27.7 Å². The van der Waals surface area contributed by atoms with Crippen LogP contribution in [0.5, 0.6) is 0 Å². The predicted octanol–water partition coefficient (Wildman–Crippen LogP) is 2.45. The zero-order valence-electron chi connectivity index (χ0n) is 12.9. The molecule has 0 aliphatic rings. The molecule has 1 aromatic carbocycles. The van der Waals surface area contributed by atoms with Crippen molar-refractivity contribution in [3.05, 3.63) is 35.1 Å². The first kappa shape index (κ1) is 18.2. The average Bonchev–Trinajstić information content (AvgIpc) is 2.34. The standard InChI is InChI=1S/C14H21F3O3Si/c1-8(2)18-14(20-21,19-9(3)4)7-10-5-12(16)13(17)6-11(10)15/h5-6,8-9H,7H2,1-4,21H3. The maximum absolute atomic E-state index is 13.8. The molecule has 21 heavy (non-hydrogen) atoms. The summed E-state index contributed by atoms with van der Waals surface area (Å²) in [5.74, 6) is -4.72. The van der Waals surface area contributed by atoms with Crippen LogP contribution in [0.3, 0.4) is 0 Å². The van der Waals surface area contributed by atoms with Gasteiger partial charge in [-0.25, -0.2) is 13.2 Å². The molecule has 0 heterocycles. The van der Waals surface area contributed by atoms with E-state index >= 15 is 0 Å². The van der Waals surface area contributed by atoms with E-state index < -0.39 is 23.4 Å². The van der Waals surface area contributed by atoms with Gasteiger partial charge in [0.15, 0.2) is 22.1 Å². The van der Waals surface area contributed by atoms with Crippen molar-refractivity contribution in [2.75, 3.05) is 0 Å². The van der Waals surface area contributed by atoms with Crippen LogP contribution in [0.4, 0.5) is 13.2 Å². The minimum Gasteiger partial charge on any atom is -0.380 e. The van der Waals surface area contributed by atoms with E-state index in [9.17, 15) is 13.2 Å². The van der Waals surface area contributed by atoms with Gasteiger partial charge in [-0.2, -0.15) is 0 Å². The van der Waals surface area contributed by atoms with Gasteiger partial charge < -0.3 is 13.9 Å². The lowest BCUT2D eigenvalue weighted by Crippen LogP contribution is -2.45. The summed E-state index contributed by atoms with van der Waals surface area (Å²) in [5.41, 5.74) is -0.0638. The maximum atomic E-state index is 13.8. The molecule has 0 saturated heterocycles. The lowest BCUT2D eigenvalue weighted by Gasteiger charge is -2.36. The first-order valence-corrected chi connectivity index (χ1v) is 7.55. The van der Waals surface area contributed by atoms with E-state index in [2.05, 4.69) is 0 Å². The third-order valence-corrected chi connectivity index (χ3v) is 3.26. The van der Waals surface area contributed by atoms with Gasteiger partial charge in [-0.15, -0.1) is 0 Å². The van der Waals surface area contributed by atoms with Crippen LogP contribution >= 0.6 is 0 Å². The second-order valence-electron chi connectivity index (χ2n) is 5.25. The Bertz CT molecular complexity index is 471. The summed E-state index contributed by atoms with van der Waals surface area (Å²) >= 11 is 0. The lowest BCUT2D eigenvalue weighted by molar-refractivity contribution is -0.365. The van der Waals surface area contributed by atoms with Crippen LogP contribution in [-0.2, 0) is 20.3 Å². The molecule has 1 aromatic rings. The molecule has 0 atom stereocenters. The number of benzene rings is 1. The Morgan fingerprint density at radius 3 is 1.86 bits per heavy atom. The number of ether oxygens (including phenoxy) is 2. The van der Waals surface area contributed by atoms with Crippen LogP contribution < -0.4 is 0 Å². The Kier molecular flexibility index (Phi) is 6.39. The Balaban J connectivity index is 3.13. The van der Waals surface area contributed by atoms with Gasteiger partial charge in [0.05, 0.1) is 18.6 Å². The smallest absolute Gasteiger partial charge is 0.277 e. The zero-order chi connectivity index (χ0) is 16.2. The fourth-order valence-corrected chi connectivity index (χ4v) is 2.27.